The van der Waals surface area contributed by atoms with Crippen molar-refractivity contribution in [2.75, 3.05) is 27.5 Å². The average Bonchev–Trinajstić information content (AvgIpc) is 3.14. The largest absolute Gasteiger partial charge is 0.325 e. The average molecular weight is 526 g/mol. The van der Waals surface area contributed by atoms with E-state index < -0.39 is 27.7 Å². The monoisotopic (exact) mass is 525 g/mol. The fourth-order valence-electron chi connectivity index (χ4n) is 3.78. The minimum atomic E-state index is -3.24. The molecular weight excluding hydrogens is 505 g/mol. The van der Waals surface area contributed by atoms with E-state index in [9.17, 15) is 17.6 Å². The number of sulfone groups is 1. The molecule has 0 unspecified atom stereocenters. The van der Waals surface area contributed by atoms with Crippen molar-refractivity contribution in [2.45, 2.75) is 25.9 Å². The highest BCUT2D eigenvalue weighted by molar-refractivity contribution is 9.10. The Morgan fingerprint density at radius 2 is 2.03 bits per heavy atom. The van der Waals surface area contributed by atoms with Crippen LogP contribution in [0.3, 0.4) is 0 Å². The smallest absolute Gasteiger partial charge is 0.234 e. The number of fused-ring (bicyclic) bond motifs is 1. The molecule has 2 aromatic rings. The number of amides is 1. The van der Waals surface area contributed by atoms with Crippen LogP contribution < -0.4 is 10.2 Å². The van der Waals surface area contributed by atoms with E-state index in [0.29, 0.717) is 9.64 Å². The van der Waals surface area contributed by atoms with Crippen LogP contribution in [-0.4, -0.2) is 48.8 Å². The number of benzene rings is 2. The summed E-state index contributed by atoms with van der Waals surface area (Å²) in [5, 5.41) is 3.36. The van der Waals surface area contributed by atoms with Crippen molar-refractivity contribution in [3.63, 3.8) is 0 Å². The summed E-state index contributed by atoms with van der Waals surface area (Å²) >= 11 is 4.43. The molecule has 2 aliphatic rings. The Kier molecular flexibility index (Phi) is 6.15. The van der Waals surface area contributed by atoms with E-state index in [0.717, 1.165) is 16.8 Å². The normalized spacial score (nSPS) is 21.7. The van der Waals surface area contributed by atoms with Crippen LogP contribution in [-0.2, 0) is 14.6 Å². The lowest BCUT2D eigenvalue weighted by Gasteiger charge is -2.26. The van der Waals surface area contributed by atoms with Gasteiger partial charge in [0.15, 0.2) is 15.0 Å². The maximum absolute atomic E-state index is 14.7. The Balaban J connectivity index is 1.54. The molecule has 0 spiro atoms. The van der Waals surface area contributed by atoms with Gasteiger partial charge in [-0.25, -0.2) is 12.8 Å². The van der Waals surface area contributed by atoms with Gasteiger partial charge >= 0.3 is 0 Å². The van der Waals surface area contributed by atoms with E-state index in [1.54, 1.807) is 17.0 Å². The summed E-state index contributed by atoms with van der Waals surface area (Å²) in [5.74, 6) is -0.761. The van der Waals surface area contributed by atoms with E-state index in [2.05, 4.69) is 26.2 Å². The van der Waals surface area contributed by atoms with E-state index in [4.69, 9.17) is 0 Å². The number of aliphatic imine (C=N–C) groups is 1. The maximum atomic E-state index is 14.7. The molecule has 1 N–H and O–H groups in total. The second kappa shape index (κ2) is 8.55. The van der Waals surface area contributed by atoms with Crippen LogP contribution in [0.15, 0.2) is 45.9 Å². The van der Waals surface area contributed by atoms with Crippen LogP contribution in [0.4, 0.5) is 15.8 Å². The van der Waals surface area contributed by atoms with Gasteiger partial charge in [-0.1, -0.05) is 39.8 Å². The third-order valence-corrected chi connectivity index (χ3v) is 8.44. The standard InChI is InChI=1S/C21H21BrFN3O3S2/c1-12-3-4-13(2)16(7-12)24-20(27)9-30-21-25-17-10-31(28,29)11-19(17)26(21)18-6-5-14(22)8-15(18)23/h3-8,17,19H,9-11H2,1-2H3,(H,24,27)/t17-,19-/m0/s1. The highest BCUT2D eigenvalue weighted by Crippen LogP contribution is 2.37. The predicted octanol–water partition coefficient (Wildman–Crippen LogP) is 3.92. The van der Waals surface area contributed by atoms with Gasteiger partial charge in [-0.2, -0.15) is 0 Å². The molecule has 2 atom stereocenters. The number of carbonyl (C=O) groups excluding carboxylic acids is 1. The molecule has 10 heteroatoms. The number of rotatable bonds is 4. The maximum Gasteiger partial charge on any atom is 0.234 e. The fraction of sp³-hybridized carbons (Fsp3) is 0.333. The number of aryl methyl sites for hydroxylation is 2. The van der Waals surface area contributed by atoms with Gasteiger partial charge in [0.1, 0.15) is 5.82 Å². The highest BCUT2D eigenvalue weighted by Gasteiger charge is 2.47. The SMILES string of the molecule is Cc1ccc(C)c(NC(=O)CSC2=N[C@H]3CS(=O)(=O)C[C@@H]3N2c2ccc(Br)cc2F)c1. The lowest BCUT2D eigenvalue weighted by atomic mass is 10.1. The number of nitrogens with one attached hydrogen (secondary N) is 1. The first-order valence-corrected chi connectivity index (χ1v) is 13.3. The summed E-state index contributed by atoms with van der Waals surface area (Å²) in [5.41, 5.74) is 3.01. The molecule has 2 aromatic carbocycles. The summed E-state index contributed by atoms with van der Waals surface area (Å²) < 4.78 is 39.6. The van der Waals surface area contributed by atoms with Gasteiger partial charge in [-0.05, 0) is 49.2 Å². The summed E-state index contributed by atoms with van der Waals surface area (Å²) in [7, 11) is -3.24. The molecular formula is C21H21BrFN3O3S2. The second-order valence-corrected chi connectivity index (χ2v) is 11.8. The Morgan fingerprint density at radius 1 is 1.26 bits per heavy atom. The third-order valence-electron chi connectivity index (χ3n) is 5.28. The zero-order chi connectivity index (χ0) is 22.3. The van der Waals surface area contributed by atoms with Gasteiger partial charge in [0.2, 0.25) is 5.91 Å². The Bertz CT molecular complexity index is 1190. The summed E-state index contributed by atoms with van der Waals surface area (Å²) in [4.78, 5) is 18.7. The lowest BCUT2D eigenvalue weighted by Crippen LogP contribution is -2.40. The molecule has 4 rings (SSSR count). The van der Waals surface area contributed by atoms with Crippen LogP contribution in [0, 0.1) is 19.7 Å². The molecule has 31 heavy (non-hydrogen) atoms. The zero-order valence-corrected chi connectivity index (χ0v) is 20.2. The van der Waals surface area contributed by atoms with Crippen LogP contribution in [0.1, 0.15) is 11.1 Å². The number of nitrogens with zero attached hydrogens (tertiary/aromatic N) is 2. The van der Waals surface area contributed by atoms with Crippen molar-refractivity contribution in [1.29, 1.82) is 0 Å². The number of anilines is 2. The molecule has 2 aliphatic heterocycles. The minimum absolute atomic E-state index is 0.0644. The van der Waals surface area contributed by atoms with Crippen molar-refractivity contribution < 1.29 is 17.6 Å². The molecule has 0 radical (unpaired) electrons. The molecule has 0 aromatic heterocycles. The van der Waals surface area contributed by atoms with Gasteiger partial charge in [0, 0.05) is 10.2 Å². The van der Waals surface area contributed by atoms with E-state index >= 15 is 0 Å². The number of carbonyl (C=O) groups is 1. The predicted molar refractivity (Wildman–Crippen MR) is 127 cm³/mol. The van der Waals surface area contributed by atoms with Gasteiger partial charge < -0.3 is 10.2 Å². The van der Waals surface area contributed by atoms with Crippen molar-refractivity contribution in [3.8, 4) is 0 Å². The van der Waals surface area contributed by atoms with Crippen LogP contribution in [0.25, 0.3) is 0 Å². The Hall–Kier alpha value is -1.91. The Labute approximate surface area is 193 Å². The quantitative estimate of drug-likeness (QED) is 0.654. The first-order chi connectivity index (χ1) is 14.6. The number of amidine groups is 1. The van der Waals surface area contributed by atoms with Crippen molar-refractivity contribution in [3.05, 3.63) is 57.8 Å². The first kappa shape index (κ1) is 22.3. The van der Waals surface area contributed by atoms with Crippen LogP contribution in [0.2, 0.25) is 0 Å². The van der Waals surface area contributed by atoms with Crippen molar-refractivity contribution in [1.82, 2.24) is 0 Å². The summed E-state index contributed by atoms with van der Waals surface area (Å²) in [6.07, 6.45) is 0. The molecule has 1 saturated heterocycles. The first-order valence-electron chi connectivity index (χ1n) is 9.65. The van der Waals surface area contributed by atoms with Gasteiger partial charge in [-0.3, -0.25) is 9.79 Å². The zero-order valence-electron chi connectivity index (χ0n) is 16.9. The highest BCUT2D eigenvalue weighted by atomic mass is 79.9. The number of thioether (sulfide) groups is 1. The molecule has 2 heterocycles. The second-order valence-electron chi connectivity index (χ2n) is 7.74. The molecule has 164 valence electrons. The van der Waals surface area contributed by atoms with Gasteiger partial charge in [0.05, 0.1) is 35.0 Å². The number of hydrogen-bond acceptors (Lipinski definition) is 6. The summed E-state index contributed by atoms with van der Waals surface area (Å²) in [6, 6.07) is 9.53. The van der Waals surface area contributed by atoms with Crippen LogP contribution in [0.5, 0.6) is 0 Å². The molecule has 1 amide bonds. The lowest BCUT2D eigenvalue weighted by molar-refractivity contribution is -0.113. The number of halogens is 2. The molecule has 0 aliphatic carbocycles. The van der Waals surface area contributed by atoms with Crippen molar-refractivity contribution >= 4 is 60.0 Å². The molecule has 0 saturated carbocycles. The third kappa shape index (κ3) is 4.80. The van der Waals surface area contributed by atoms with Gasteiger partial charge in [-0.15, -0.1) is 0 Å². The fourth-order valence-corrected chi connectivity index (χ4v) is 6.87. The van der Waals surface area contributed by atoms with Gasteiger partial charge in [0.25, 0.3) is 0 Å². The molecule has 1 fully saturated rings. The van der Waals surface area contributed by atoms with E-state index in [1.807, 2.05) is 32.0 Å². The molecule has 6 nitrogen and oxygen atoms in total. The summed E-state index contributed by atoms with van der Waals surface area (Å²) in [6.45, 7) is 3.87. The topological polar surface area (TPSA) is 78.8 Å². The van der Waals surface area contributed by atoms with Crippen LogP contribution >= 0.6 is 27.7 Å². The van der Waals surface area contributed by atoms with E-state index in [1.165, 1.54) is 17.8 Å². The minimum Gasteiger partial charge on any atom is -0.325 e. The Morgan fingerprint density at radius 3 is 2.77 bits per heavy atom. The molecule has 0 bridgehead atoms. The number of hydrogen-bond donors (Lipinski definition) is 1. The van der Waals surface area contributed by atoms with Crippen molar-refractivity contribution in [2.24, 2.45) is 4.99 Å². The van der Waals surface area contributed by atoms with E-state index in [-0.39, 0.29) is 28.9 Å².